The zero-order valence-electron chi connectivity index (χ0n) is 5.57. The van der Waals surface area contributed by atoms with Crippen molar-refractivity contribution in [2.24, 2.45) is 0 Å². The Hall–Kier alpha value is -1.02. The monoisotopic (exact) mass is 169 g/mol. The fraction of sp³-hybridized carbons (Fsp3) is 0. The number of H-pyrrole nitrogens is 1. The summed E-state index contributed by atoms with van der Waals surface area (Å²) in [6.45, 7) is 0. The molecule has 0 saturated carbocycles. The SMILES string of the molecule is Fc1[nH]c2ccccc2c1Cl. The van der Waals surface area contributed by atoms with E-state index in [4.69, 9.17) is 11.6 Å². The molecule has 0 aliphatic carbocycles. The number of rotatable bonds is 0. The number of benzene rings is 1. The summed E-state index contributed by atoms with van der Waals surface area (Å²) in [4.78, 5) is 2.53. The van der Waals surface area contributed by atoms with Crippen molar-refractivity contribution in [2.75, 3.05) is 0 Å². The van der Waals surface area contributed by atoms with Gasteiger partial charge < -0.3 is 4.98 Å². The molecule has 1 N–H and O–H groups in total. The summed E-state index contributed by atoms with van der Waals surface area (Å²) in [6, 6.07) is 7.21. The maximum atomic E-state index is 12.7. The van der Waals surface area contributed by atoms with E-state index in [1.54, 1.807) is 12.1 Å². The van der Waals surface area contributed by atoms with Crippen molar-refractivity contribution < 1.29 is 4.39 Å². The highest BCUT2D eigenvalue weighted by Crippen LogP contribution is 2.25. The molecule has 0 amide bonds. The maximum absolute atomic E-state index is 12.7. The first kappa shape index (κ1) is 6.68. The van der Waals surface area contributed by atoms with E-state index >= 15 is 0 Å². The molecule has 1 aromatic heterocycles. The summed E-state index contributed by atoms with van der Waals surface area (Å²) in [7, 11) is 0. The van der Waals surface area contributed by atoms with Crippen LogP contribution in [0.25, 0.3) is 10.9 Å². The van der Waals surface area contributed by atoms with E-state index in [9.17, 15) is 4.39 Å². The number of fused-ring (bicyclic) bond motifs is 1. The van der Waals surface area contributed by atoms with Crippen molar-refractivity contribution in [3.8, 4) is 0 Å². The first-order valence-electron chi connectivity index (χ1n) is 3.21. The predicted molar refractivity (Wildman–Crippen MR) is 43.3 cm³/mol. The molecule has 0 spiro atoms. The average molecular weight is 170 g/mol. The molecule has 1 nitrogen and oxygen atoms in total. The van der Waals surface area contributed by atoms with Gasteiger partial charge in [0.05, 0.1) is 0 Å². The van der Waals surface area contributed by atoms with Gasteiger partial charge in [-0.15, -0.1) is 0 Å². The summed E-state index contributed by atoms with van der Waals surface area (Å²) in [6.07, 6.45) is 0. The van der Waals surface area contributed by atoms with Gasteiger partial charge in [-0.2, -0.15) is 4.39 Å². The van der Waals surface area contributed by atoms with E-state index in [0.717, 1.165) is 10.9 Å². The second-order valence-electron chi connectivity index (χ2n) is 2.30. The summed E-state index contributed by atoms with van der Waals surface area (Å²) in [5.74, 6) is -0.465. The second-order valence-corrected chi connectivity index (χ2v) is 2.68. The van der Waals surface area contributed by atoms with Crippen LogP contribution in [0.3, 0.4) is 0 Å². The summed E-state index contributed by atoms with van der Waals surface area (Å²) < 4.78 is 12.7. The maximum Gasteiger partial charge on any atom is 0.210 e. The van der Waals surface area contributed by atoms with Gasteiger partial charge in [0.2, 0.25) is 5.95 Å². The van der Waals surface area contributed by atoms with Crippen molar-refractivity contribution in [2.45, 2.75) is 0 Å². The lowest BCUT2D eigenvalue weighted by atomic mass is 10.2. The third-order valence-electron chi connectivity index (χ3n) is 1.60. The minimum atomic E-state index is -0.465. The van der Waals surface area contributed by atoms with Crippen molar-refractivity contribution in [1.82, 2.24) is 4.98 Å². The van der Waals surface area contributed by atoms with Gasteiger partial charge in [0, 0.05) is 10.9 Å². The van der Waals surface area contributed by atoms with Crippen LogP contribution in [-0.4, -0.2) is 4.98 Å². The molecule has 0 radical (unpaired) electrons. The number of nitrogens with one attached hydrogen (secondary N) is 1. The molecule has 0 bridgehead atoms. The van der Waals surface area contributed by atoms with Crippen LogP contribution >= 0.6 is 11.6 Å². The highest BCUT2D eigenvalue weighted by atomic mass is 35.5. The van der Waals surface area contributed by atoms with E-state index < -0.39 is 5.95 Å². The number of aromatic nitrogens is 1. The van der Waals surface area contributed by atoms with E-state index in [1.165, 1.54) is 0 Å². The lowest BCUT2D eigenvalue weighted by Crippen LogP contribution is -1.67. The highest BCUT2D eigenvalue weighted by molar-refractivity contribution is 6.35. The van der Waals surface area contributed by atoms with Crippen LogP contribution in [-0.2, 0) is 0 Å². The number of hydrogen-bond donors (Lipinski definition) is 1. The van der Waals surface area contributed by atoms with Crippen molar-refractivity contribution in [3.05, 3.63) is 35.2 Å². The normalized spacial score (nSPS) is 10.7. The fourth-order valence-corrected chi connectivity index (χ4v) is 1.29. The fourth-order valence-electron chi connectivity index (χ4n) is 1.07. The molecule has 2 rings (SSSR count). The smallest absolute Gasteiger partial charge is 0.210 e. The summed E-state index contributed by atoms with van der Waals surface area (Å²) >= 11 is 5.64. The first-order valence-corrected chi connectivity index (χ1v) is 3.58. The van der Waals surface area contributed by atoms with Crippen LogP contribution in [0, 0.1) is 5.95 Å². The van der Waals surface area contributed by atoms with Gasteiger partial charge in [-0.1, -0.05) is 29.8 Å². The molecule has 56 valence electrons. The number of aromatic amines is 1. The average Bonchev–Trinajstić information content (AvgIpc) is 2.30. The lowest BCUT2D eigenvalue weighted by Gasteiger charge is -1.85. The predicted octanol–water partition coefficient (Wildman–Crippen LogP) is 2.96. The Morgan fingerprint density at radius 3 is 2.73 bits per heavy atom. The van der Waals surface area contributed by atoms with Crippen molar-refractivity contribution in [3.63, 3.8) is 0 Å². The zero-order valence-corrected chi connectivity index (χ0v) is 6.32. The molecule has 3 heteroatoms. The summed E-state index contributed by atoms with van der Waals surface area (Å²) in [5.41, 5.74) is 0.731. The van der Waals surface area contributed by atoms with Crippen LogP contribution in [0.15, 0.2) is 24.3 Å². The Morgan fingerprint density at radius 1 is 1.27 bits per heavy atom. The minimum Gasteiger partial charge on any atom is -0.330 e. The van der Waals surface area contributed by atoms with Crippen molar-refractivity contribution >= 4 is 22.5 Å². The molecule has 0 fully saturated rings. The lowest BCUT2D eigenvalue weighted by molar-refractivity contribution is 0.595. The van der Waals surface area contributed by atoms with E-state index in [-0.39, 0.29) is 5.02 Å². The van der Waals surface area contributed by atoms with Gasteiger partial charge in [0.15, 0.2) is 0 Å². The number of halogens is 2. The highest BCUT2D eigenvalue weighted by Gasteiger charge is 2.06. The molecular formula is C8H5ClFN. The standard InChI is InChI=1S/C8H5ClFN/c9-7-5-3-1-2-4-6(5)11-8(7)10/h1-4,11H. The third-order valence-corrected chi connectivity index (χ3v) is 1.97. The van der Waals surface area contributed by atoms with Gasteiger partial charge >= 0.3 is 0 Å². The van der Waals surface area contributed by atoms with Gasteiger partial charge in [0.25, 0.3) is 0 Å². The number of hydrogen-bond acceptors (Lipinski definition) is 0. The van der Waals surface area contributed by atoms with Crippen LogP contribution in [0.1, 0.15) is 0 Å². The molecule has 0 atom stereocenters. The topological polar surface area (TPSA) is 15.8 Å². The molecule has 0 saturated heterocycles. The van der Waals surface area contributed by atoms with Crippen LogP contribution < -0.4 is 0 Å². The number of para-hydroxylation sites is 1. The van der Waals surface area contributed by atoms with Gasteiger partial charge in [-0.25, -0.2) is 0 Å². The van der Waals surface area contributed by atoms with Crippen molar-refractivity contribution in [1.29, 1.82) is 0 Å². The molecule has 0 aliphatic rings. The molecule has 11 heavy (non-hydrogen) atoms. The molecule has 1 aromatic carbocycles. The second kappa shape index (κ2) is 2.24. The Labute approximate surface area is 67.8 Å². The molecule has 2 aromatic rings. The molecule has 1 heterocycles. The third kappa shape index (κ3) is 0.906. The van der Waals surface area contributed by atoms with E-state index in [0.29, 0.717) is 0 Å². The molecular weight excluding hydrogens is 165 g/mol. The largest absolute Gasteiger partial charge is 0.330 e. The Balaban J connectivity index is 2.92. The Bertz CT molecular complexity index is 394. The van der Waals surface area contributed by atoms with Crippen LogP contribution in [0.2, 0.25) is 5.02 Å². The van der Waals surface area contributed by atoms with Crippen LogP contribution in [0.4, 0.5) is 4.39 Å². The van der Waals surface area contributed by atoms with E-state index in [1.807, 2.05) is 12.1 Å². The van der Waals surface area contributed by atoms with Gasteiger partial charge in [0.1, 0.15) is 5.02 Å². The Morgan fingerprint density at radius 2 is 2.00 bits per heavy atom. The van der Waals surface area contributed by atoms with Gasteiger partial charge in [-0.05, 0) is 6.07 Å². The zero-order chi connectivity index (χ0) is 7.84. The Kier molecular flexibility index (Phi) is 1.36. The quantitative estimate of drug-likeness (QED) is 0.624. The first-order chi connectivity index (χ1) is 5.29. The summed E-state index contributed by atoms with van der Waals surface area (Å²) in [5, 5.41) is 0.896. The minimum absolute atomic E-state index is 0.167. The van der Waals surface area contributed by atoms with Gasteiger partial charge in [-0.3, -0.25) is 0 Å². The molecule has 0 aliphatic heterocycles. The van der Waals surface area contributed by atoms with E-state index in [2.05, 4.69) is 4.98 Å². The van der Waals surface area contributed by atoms with Crippen LogP contribution in [0.5, 0.6) is 0 Å². The molecule has 0 unspecified atom stereocenters.